The van der Waals surface area contributed by atoms with Gasteiger partial charge in [-0.3, -0.25) is 0 Å². The highest BCUT2D eigenvalue weighted by Crippen LogP contribution is 2.11. The average molecular weight is 254 g/mol. The Balaban J connectivity index is 1.61. The molecule has 0 N–H and O–H groups in total. The third-order valence-corrected chi connectivity index (χ3v) is 3.33. The summed E-state index contributed by atoms with van der Waals surface area (Å²) in [5.41, 5.74) is 1.21. The Morgan fingerprint density at radius 2 is 1.88 bits per heavy atom. The van der Waals surface area contributed by atoms with Gasteiger partial charge in [0.1, 0.15) is 0 Å². The molecule has 0 amide bonds. The second-order valence-corrected chi connectivity index (χ2v) is 5.22. The van der Waals surface area contributed by atoms with Gasteiger partial charge in [-0.15, -0.1) is 11.6 Å². The van der Waals surface area contributed by atoms with Gasteiger partial charge in [0.25, 0.3) is 0 Å². The predicted molar refractivity (Wildman–Crippen MR) is 71.4 cm³/mol. The minimum atomic E-state index is 0.108. The summed E-state index contributed by atoms with van der Waals surface area (Å²) < 4.78 is 5.63. The Morgan fingerprint density at radius 1 is 1.18 bits per heavy atom. The average Bonchev–Trinajstić information content (AvgIpc) is 2.83. The highest BCUT2D eigenvalue weighted by atomic mass is 35.5. The van der Waals surface area contributed by atoms with Crippen LogP contribution in [-0.2, 0) is 11.3 Å². The maximum Gasteiger partial charge on any atom is 0.0717 e. The second kappa shape index (κ2) is 7.00. The number of ether oxygens (including phenoxy) is 1. The maximum absolute atomic E-state index is 6.26. The molecule has 0 aromatic heterocycles. The van der Waals surface area contributed by atoms with Gasteiger partial charge in [-0.25, -0.2) is 0 Å². The molecule has 1 aliphatic heterocycles. The Kier molecular flexibility index (Phi) is 5.30. The van der Waals surface area contributed by atoms with Crippen molar-refractivity contribution in [3.05, 3.63) is 35.9 Å². The lowest BCUT2D eigenvalue weighted by atomic mass is 10.2. The molecule has 1 fully saturated rings. The van der Waals surface area contributed by atoms with Crippen molar-refractivity contribution in [1.82, 2.24) is 4.90 Å². The maximum atomic E-state index is 6.26. The fourth-order valence-electron chi connectivity index (χ4n) is 2.18. The van der Waals surface area contributed by atoms with Crippen molar-refractivity contribution in [1.29, 1.82) is 0 Å². The van der Waals surface area contributed by atoms with Crippen LogP contribution in [0.4, 0.5) is 0 Å². The molecule has 2 nitrogen and oxygen atoms in total. The first-order chi connectivity index (χ1) is 8.34. The molecule has 2 rings (SSSR count). The minimum absolute atomic E-state index is 0.108. The van der Waals surface area contributed by atoms with Crippen LogP contribution >= 0.6 is 11.6 Å². The summed E-state index contributed by atoms with van der Waals surface area (Å²) in [6.07, 6.45) is 2.63. The number of halogens is 1. The fraction of sp³-hybridized carbons (Fsp3) is 0.571. The summed E-state index contributed by atoms with van der Waals surface area (Å²) in [4.78, 5) is 2.42. The third kappa shape index (κ3) is 4.66. The van der Waals surface area contributed by atoms with E-state index in [0.717, 1.165) is 6.54 Å². The van der Waals surface area contributed by atoms with Crippen molar-refractivity contribution in [3.8, 4) is 0 Å². The van der Waals surface area contributed by atoms with Crippen LogP contribution < -0.4 is 0 Å². The van der Waals surface area contributed by atoms with Gasteiger partial charge >= 0.3 is 0 Å². The van der Waals surface area contributed by atoms with Crippen molar-refractivity contribution < 1.29 is 4.74 Å². The lowest BCUT2D eigenvalue weighted by molar-refractivity contribution is 0.113. The summed E-state index contributed by atoms with van der Waals surface area (Å²) in [5, 5.41) is 0.108. The zero-order valence-corrected chi connectivity index (χ0v) is 10.9. The molecule has 3 heteroatoms. The van der Waals surface area contributed by atoms with Crippen LogP contribution in [0.1, 0.15) is 18.4 Å². The molecule has 1 atom stereocenters. The summed E-state index contributed by atoms with van der Waals surface area (Å²) in [6.45, 7) is 4.64. The van der Waals surface area contributed by atoms with Gasteiger partial charge in [0.05, 0.1) is 18.6 Å². The van der Waals surface area contributed by atoms with E-state index >= 15 is 0 Å². The van der Waals surface area contributed by atoms with Gasteiger partial charge in [0.15, 0.2) is 0 Å². The lowest BCUT2D eigenvalue weighted by Crippen LogP contribution is -2.29. The molecule has 0 aliphatic carbocycles. The molecular formula is C14H20ClNO. The van der Waals surface area contributed by atoms with E-state index < -0.39 is 0 Å². The molecule has 0 radical (unpaired) electrons. The zero-order chi connectivity index (χ0) is 11.9. The first kappa shape index (κ1) is 12.9. The van der Waals surface area contributed by atoms with Crippen LogP contribution in [0.3, 0.4) is 0 Å². The summed E-state index contributed by atoms with van der Waals surface area (Å²) in [5.74, 6) is 0. The van der Waals surface area contributed by atoms with Crippen LogP contribution in [-0.4, -0.2) is 36.5 Å². The van der Waals surface area contributed by atoms with Crippen LogP contribution in [0.2, 0.25) is 0 Å². The topological polar surface area (TPSA) is 12.5 Å². The van der Waals surface area contributed by atoms with Crippen LogP contribution in [0, 0.1) is 0 Å². The summed E-state index contributed by atoms with van der Waals surface area (Å²) >= 11 is 6.26. The summed E-state index contributed by atoms with van der Waals surface area (Å²) in [7, 11) is 0. The largest absolute Gasteiger partial charge is 0.375 e. The van der Waals surface area contributed by atoms with Crippen molar-refractivity contribution in [3.63, 3.8) is 0 Å². The second-order valence-electron chi connectivity index (χ2n) is 4.61. The standard InChI is InChI=1S/C14H20ClNO/c15-14(10-16-8-4-5-9-16)12-17-11-13-6-2-1-3-7-13/h1-3,6-7,14H,4-5,8-12H2/t14-/m1/s1. The molecule has 1 aliphatic rings. The van der Waals surface area contributed by atoms with Gasteiger partial charge in [0.2, 0.25) is 0 Å². The van der Waals surface area contributed by atoms with E-state index in [2.05, 4.69) is 17.0 Å². The lowest BCUT2D eigenvalue weighted by Gasteiger charge is -2.18. The van der Waals surface area contributed by atoms with Gasteiger partial charge in [-0.05, 0) is 31.5 Å². The number of likely N-dealkylation sites (tertiary alicyclic amines) is 1. The fourth-order valence-corrected chi connectivity index (χ4v) is 2.46. The van der Waals surface area contributed by atoms with E-state index in [-0.39, 0.29) is 5.38 Å². The SMILES string of the molecule is Cl[C@@H](COCc1ccccc1)CN1CCCC1. The molecule has 94 valence electrons. The highest BCUT2D eigenvalue weighted by molar-refractivity contribution is 6.20. The van der Waals surface area contributed by atoms with Gasteiger partial charge in [-0.2, -0.15) is 0 Å². The minimum Gasteiger partial charge on any atom is -0.375 e. The molecule has 1 aromatic rings. The number of nitrogens with zero attached hydrogens (tertiary/aromatic N) is 1. The van der Waals surface area contributed by atoms with Gasteiger partial charge in [0, 0.05) is 6.54 Å². The monoisotopic (exact) mass is 253 g/mol. The number of rotatable bonds is 6. The Morgan fingerprint density at radius 3 is 2.59 bits per heavy atom. The van der Waals surface area contributed by atoms with Crippen molar-refractivity contribution >= 4 is 11.6 Å². The van der Waals surface area contributed by atoms with E-state index in [1.54, 1.807) is 0 Å². The Hall–Kier alpha value is -0.570. The van der Waals surface area contributed by atoms with Gasteiger partial charge in [-0.1, -0.05) is 30.3 Å². The first-order valence-electron chi connectivity index (χ1n) is 6.32. The number of hydrogen-bond donors (Lipinski definition) is 0. The van der Waals surface area contributed by atoms with E-state index in [0.29, 0.717) is 13.2 Å². The number of hydrogen-bond acceptors (Lipinski definition) is 2. The molecule has 0 unspecified atom stereocenters. The highest BCUT2D eigenvalue weighted by Gasteiger charge is 2.15. The number of alkyl halides is 1. The van der Waals surface area contributed by atoms with Crippen molar-refractivity contribution in [2.24, 2.45) is 0 Å². The number of benzene rings is 1. The molecular weight excluding hydrogens is 234 g/mol. The first-order valence-corrected chi connectivity index (χ1v) is 6.76. The summed E-state index contributed by atoms with van der Waals surface area (Å²) in [6, 6.07) is 10.2. The van der Waals surface area contributed by atoms with E-state index in [4.69, 9.17) is 16.3 Å². The quantitative estimate of drug-likeness (QED) is 0.723. The van der Waals surface area contributed by atoms with Crippen LogP contribution in [0.5, 0.6) is 0 Å². The van der Waals surface area contributed by atoms with E-state index in [9.17, 15) is 0 Å². The smallest absolute Gasteiger partial charge is 0.0717 e. The molecule has 0 spiro atoms. The molecule has 0 saturated carbocycles. The molecule has 0 bridgehead atoms. The molecule has 1 aromatic carbocycles. The van der Waals surface area contributed by atoms with Crippen LogP contribution in [0.25, 0.3) is 0 Å². The molecule has 17 heavy (non-hydrogen) atoms. The van der Waals surface area contributed by atoms with Crippen LogP contribution in [0.15, 0.2) is 30.3 Å². The van der Waals surface area contributed by atoms with Crippen molar-refractivity contribution in [2.45, 2.75) is 24.8 Å². The van der Waals surface area contributed by atoms with Crippen molar-refractivity contribution in [2.75, 3.05) is 26.2 Å². The van der Waals surface area contributed by atoms with E-state index in [1.165, 1.54) is 31.5 Å². The normalized spacial score (nSPS) is 18.4. The zero-order valence-electron chi connectivity index (χ0n) is 10.1. The van der Waals surface area contributed by atoms with Gasteiger partial charge < -0.3 is 9.64 Å². The third-order valence-electron chi connectivity index (χ3n) is 3.07. The Labute approximate surface area is 109 Å². The predicted octanol–water partition coefficient (Wildman–Crippen LogP) is 2.91. The molecule has 1 heterocycles. The van der Waals surface area contributed by atoms with E-state index in [1.807, 2.05) is 18.2 Å². The molecule has 1 saturated heterocycles. The Bertz CT molecular complexity index is 311.